The molecule has 0 bridgehead atoms. The zero-order valence-electron chi connectivity index (χ0n) is 13.7. The van der Waals surface area contributed by atoms with Crippen LogP contribution in [-0.2, 0) is 15.9 Å². The molecule has 10 heteroatoms. The quantitative estimate of drug-likeness (QED) is 0.591. The highest BCUT2D eigenvalue weighted by Crippen LogP contribution is 2.35. The smallest absolute Gasteiger partial charge is 0.359 e. The number of alkyl halides is 1. The van der Waals surface area contributed by atoms with Gasteiger partial charge >= 0.3 is 11.9 Å². The lowest BCUT2D eigenvalue weighted by atomic mass is 9.89. The van der Waals surface area contributed by atoms with Crippen molar-refractivity contribution in [3.05, 3.63) is 22.5 Å². The van der Waals surface area contributed by atoms with Crippen molar-refractivity contribution in [1.82, 2.24) is 10.2 Å². The molecule has 1 aromatic rings. The maximum atomic E-state index is 13.0. The lowest BCUT2D eigenvalue weighted by Gasteiger charge is -2.33. The molecule has 1 aromatic heterocycles. The first-order valence-corrected chi connectivity index (χ1v) is 7.70. The van der Waals surface area contributed by atoms with Crippen LogP contribution in [-0.4, -0.2) is 63.1 Å². The highest BCUT2D eigenvalue weighted by atomic mass is 19.1. The van der Waals surface area contributed by atoms with E-state index in [-0.39, 0.29) is 28.9 Å². The second-order valence-corrected chi connectivity index (χ2v) is 5.56. The third kappa shape index (κ3) is 3.60. The molecule has 25 heavy (non-hydrogen) atoms. The Morgan fingerprint density at radius 2 is 2.08 bits per heavy atom. The molecule has 0 radical (unpaired) electrons. The fraction of sp³-hybridized carbons (Fsp3) is 0.600. The largest absolute Gasteiger partial charge is 0.464 e. The van der Waals surface area contributed by atoms with Gasteiger partial charge in [-0.1, -0.05) is 13.3 Å². The maximum Gasteiger partial charge on any atom is 0.359 e. The average molecular weight is 358 g/mol. The number of hydrogen-bond acceptors (Lipinski definition) is 9. The Bertz CT molecular complexity index is 668. The van der Waals surface area contributed by atoms with E-state index in [0.717, 1.165) is 13.5 Å². The Labute approximate surface area is 142 Å². The van der Waals surface area contributed by atoms with E-state index in [1.54, 1.807) is 0 Å². The molecular weight excluding hydrogens is 339 g/mol. The van der Waals surface area contributed by atoms with Crippen LogP contribution < -0.4 is 0 Å². The van der Waals surface area contributed by atoms with Gasteiger partial charge in [0.05, 0.1) is 7.11 Å². The van der Waals surface area contributed by atoms with Crippen molar-refractivity contribution in [2.75, 3.05) is 7.11 Å². The zero-order chi connectivity index (χ0) is 18.7. The molecule has 0 saturated carbocycles. The summed E-state index contributed by atoms with van der Waals surface area (Å²) in [5.74, 6) is -1.86. The molecule has 0 aromatic carbocycles. The van der Waals surface area contributed by atoms with Gasteiger partial charge in [0.2, 0.25) is 6.36 Å². The Morgan fingerprint density at radius 1 is 1.40 bits per heavy atom. The molecule has 3 N–H and O–H groups in total. The van der Waals surface area contributed by atoms with Gasteiger partial charge in [-0.2, -0.15) is 0 Å². The molecule has 0 saturated heterocycles. The molecule has 1 aliphatic heterocycles. The van der Waals surface area contributed by atoms with E-state index < -0.39 is 36.6 Å². The number of halogens is 1. The molecule has 0 spiro atoms. The van der Waals surface area contributed by atoms with Crippen LogP contribution in [0.2, 0.25) is 0 Å². The number of methoxy groups -OCH3 is 1. The lowest BCUT2D eigenvalue weighted by molar-refractivity contribution is -0.152. The van der Waals surface area contributed by atoms with E-state index in [4.69, 9.17) is 9.84 Å². The molecule has 0 aliphatic carbocycles. The minimum Gasteiger partial charge on any atom is -0.464 e. The monoisotopic (exact) mass is 358 g/mol. The van der Waals surface area contributed by atoms with Crippen LogP contribution in [0.4, 0.5) is 4.39 Å². The molecule has 4 unspecified atom stereocenters. The molecule has 4 atom stereocenters. The van der Waals surface area contributed by atoms with E-state index in [2.05, 4.69) is 14.9 Å². The molecule has 2 rings (SSSR count). The lowest BCUT2D eigenvalue weighted by Crippen LogP contribution is -2.46. The number of fused-ring (bicyclic) bond motifs is 1. The Hall–Kier alpha value is -2.17. The fourth-order valence-electron chi connectivity index (χ4n) is 2.64. The van der Waals surface area contributed by atoms with E-state index >= 15 is 0 Å². The van der Waals surface area contributed by atoms with Crippen LogP contribution >= 0.6 is 0 Å². The first-order valence-electron chi connectivity index (χ1n) is 7.70. The summed E-state index contributed by atoms with van der Waals surface area (Å²) >= 11 is 0. The predicted molar refractivity (Wildman–Crippen MR) is 79.3 cm³/mol. The number of aliphatic hydroxyl groups is 3. The SMILES string of the molecule is CCCCc1c(C(=O)OC)nnc2c1C(O)C(C(O)C(O)F)OC2=O. The standard InChI is InChI=1S/C15H19FN2O7/c1-3-4-5-6-7-9(18-17-8(6)14(22)24-2)15(23)25-12(10(7)19)11(20)13(16)21/h10-13,19-21H,3-5H2,1-2H3. The van der Waals surface area contributed by atoms with Gasteiger partial charge in [0.1, 0.15) is 12.2 Å². The number of aliphatic hydroxyl groups excluding tert-OH is 3. The van der Waals surface area contributed by atoms with Crippen LogP contribution in [0.15, 0.2) is 0 Å². The predicted octanol–water partition coefficient (Wildman–Crippen LogP) is -0.173. The number of nitrogens with zero attached hydrogens (tertiary/aromatic N) is 2. The number of aromatic nitrogens is 2. The number of esters is 2. The number of carbonyl (C=O) groups excluding carboxylic acids is 2. The topological polar surface area (TPSA) is 139 Å². The van der Waals surface area contributed by atoms with Crippen LogP contribution in [0, 0.1) is 0 Å². The van der Waals surface area contributed by atoms with Gasteiger partial charge in [0.25, 0.3) is 0 Å². The molecule has 138 valence electrons. The van der Waals surface area contributed by atoms with Crippen LogP contribution in [0.25, 0.3) is 0 Å². The summed E-state index contributed by atoms with van der Waals surface area (Å²) in [4.78, 5) is 24.0. The van der Waals surface area contributed by atoms with Crippen molar-refractivity contribution in [1.29, 1.82) is 0 Å². The second-order valence-electron chi connectivity index (χ2n) is 5.56. The summed E-state index contributed by atoms with van der Waals surface area (Å²) in [6.45, 7) is 1.90. The van der Waals surface area contributed by atoms with Crippen LogP contribution in [0.1, 0.15) is 58.0 Å². The molecule has 0 fully saturated rings. The van der Waals surface area contributed by atoms with Crippen molar-refractivity contribution in [2.45, 2.75) is 50.9 Å². The van der Waals surface area contributed by atoms with Crippen molar-refractivity contribution in [2.24, 2.45) is 0 Å². The number of ether oxygens (including phenoxy) is 2. The number of hydrogen-bond donors (Lipinski definition) is 3. The highest BCUT2D eigenvalue weighted by molar-refractivity contribution is 5.94. The minimum absolute atomic E-state index is 0.0789. The number of unbranched alkanes of at least 4 members (excludes halogenated alkanes) is 1. The number of carbonyl (C=O) groups is 2. The van der Waals surface area contributed by atoms with Crippen molar-refractivity contribution >= 4 is 11.9 Å². The van der Waals surface area contributed by atoms with Gasteiger partial charge in [0.15, 0.2) is 17.5 Å². The Balaban J connectivity index is 2.60. The average Bonchev–Trinajstić information content (AvgIpc) is 2.60. The summed E-state index contributed by atoms with van der Waals surface area (Å²) in [7, 11) is 1.14. The molecular formula is C15H19FN2O7. The zero-order valence-corrected chi connectivity index (χ0v) is 13.7. The third-order valence-electron chi connectivity index (χ3n) is 3.94. The summed E-state index contributed by atoms with van der Waals surface area (Å²) in [5, 5.41) is 36.3. The van der Waals surface area contributed by atoms with E-state index in [1.165, 1.54) is 0 Å². The summed E-state index contributed by atoms with van der Waals surface area (Å²) < 4.78 is 22.4. The van der Waals surface area contributed by atoms with E-state index in [0.29, 0.717) is 6.42 Å². The summed E-state index contributed by atoms with van der Waals surface area (Å²) in [6.07, 6.45) is -6.74. The van der Waals surface area contributed by atoms with Gasteiger partial charge < -0.3 is 24.8 Å². The first kappa shape index (κ1) is 19.2. The maximum absolute atomic E-state index is 13.0. The van der Waals surface area contributed by atoms with Gasteiger partial charge in [-0.05, 0) is 18.4 Å². The number of rotatable bonds is 6. The first-order chi connectivity index (χ1) is 11.8. The van der Waals surface area contributed by atoms with Gasteiger partial charge in [-0.15, -0.1) is 10.2 Å². The molecule has 9 nitrogen and oxygen atoms in total. The van der Waals surface area contributed by atoms with Gasteiger partial charge in [-0.3, -0.25) is 0 Å². The molecule has 0 amide bonds. The summed E-state index contributed by atoms with van der Waals surface area (Å²) in [5.41, 5.74) is -0.376. The third-order valence-corrected chi connectivity index (χ3v) is 3.94. The van der Waals surface area contributed by atoms with Crippen molar-refractivity contribution in [3.63, 3.8) is 0 Å². The highest BCUT2D eigenvalue weighted by Gasteiger charge is 2.45. The second kappa shape index (κ2) is 7.81. The van der Waals surface area contributed by atoms with Gasteiger partial charge in [-0.25, -0.2) is 14.0 Å². The normalized spacial score (nSPS) is 21.9. The van der Waals surface area contributed by atoms with Crippen molar-refractivity contribution < 1.29 is 38.8 Å². The van der Waals surface area contributed by atoms with Crippen LogP contribution in [0.5, 0.6) is 0 Å². The fourth-order valence-corrected chi connectivity index (χ4v) is 2.64. The minimum atomic E-state index is -2.73. The Morgan fingerprint density at radius 3 is 2.64 bits per heavy atom. The molecule has 2 heterocycles. The van der Waals surface area contributed by atoms with Crippen LogP contribution in [0.3, 0.4) is 0 Å². The van der Waals surface area contributed by atoms with Gasteiger partial charge in [0, 0.05) is 5.56 Å². The van der Waals surface area contributed by atoms with Crippen molar-refractivity contribution in [3.8, 4) is 0 Å². The van der Waals surface area contributed by atoms with E-state index in [9.17, 15) is 24.2 Å². The molecule has 1 aliphatic rings. The number of cyclic esters (lactones) is 1. The Kier molecular flexibility index (Phi) is 5.98. The summed E-state index contributed by atoms with van der Waals surface area (Å²) in [6, 6.07) is 0. The van der Waals surface area contributed by atoms with E-state index in [1.807, 2.05) is 6.92 Å².